The van der Waals surface area contributed by atoms with Crippen LogP contribution in [-0.4, -0.2) is 18.5 Å². The van der Waals surface area contributed by atoms with E-state index in [1.165, 1.54) is 29.5 Å². The number of rotatable bonds is 6. The van der Waals surface area contributed by atoms with Crippen LogP contribution in [0.4, 0.5) is 0 Å². The maximum Gasteiger partial charge on any atom is 0.0233 e. The summed E-state index contributed by atoms with van der Waals surface area (Å²) in [5.41, 5.74) is 4.26. The van der Waals surface area contributed by atoms with Crippen molar-refractivity contribution in [3.8, 4) is 0 Å². The minimum atomic E-state index is 1.04. The van der Waals surface area contributed by atoms with Crippen molar-refractivity contribution in [3.05, 3.63) is 71.3 Å². The van der Waals surface area contributed by atoms with E-state index in [9.17, 15) is 0 Å². The van der Waals surface area contributed by atoms with Crippen LogP contribution in [0.2, 0.25) is 0 Å². The van der Waals surface area contributed by atoms with E-state index in [-0.39, 0.29) is 0 Å². The quantitative estimate of drug-likeness (QED) is 0.750. The minimum Gasteiger partial charge on any atom is -0.302 e. The molecule has 0 N–H and O–H groups in total. The summed E-state index contributed by atoms with van der Waals surface area (Å²) in [6.07, 6.45) is 2.38. The molecule has 0 aliphatic carbocycles. The molecule has 1 heteroatoms. The van der Waals surface area contributed by atoms with Crippen LogP contribution in [0.1, 0.15) is 23.1 Å². The van der Waals surface area contributed by atoms with Crippen molar-refractivity contribution in [2.45, 2.75) is 26.3 Å². The van der Waals surface area contributed by atoms with E-state index in [1.807, 2.05) is 0 Å². The Morgan fingerprint density at radius 2 is 1.58 bits per heavy atom. The maximum absolute atomic E-state index is 2.41. The molecular weight excluding hydrogens is 230 g/mol. The van der Waals surface area contributed by atoms with Crippen LogP contribution < -0.4 is 0 Å². The fraction of sp³-hybridized carbons (Fsp3) is 0.333. The van der Waals surface area contributed by atoms with Crippen molar-refractivity contribution in [3.63, 3.8) is 0 Å². The third-order valence-electron chi connectivity index (χ3n) is 3.55. The molecule has 0 amide bonds. The first-order chi connectivity index (χ1) is 9.25. The van der Waals surface area contributed by atoms with Crippen molar-refractivity contribution in [1.29, 1.82) is 0 Å². The monoisotopic (exact) mass is 253 g/mol. The van der Waals surface area contributed by atoms with Gasteiger partial charge in [-0.3, -0.25) is 0 Å². The summed E-state index contributed by atoms with van der Waals surface area (Å²) in [4.78, 5) is 2.41. The summed E-state index contributed by atoms with van der Waals surface area (Å²) in [6, 6.07) is 19.4. The Kier molecular flexibility index (Phi) is 5.17. The van der Waals surface area contributed by atoms with Gasteiger partial charge in [-0.15, -0.1) is 0 Å². The number of hydrogen-bond acceptors (Lipinski definition) is 1. The van der Waals surface area contributed by atoms with Gasteiger partial charge in [0.2, 0.25) is 0 Å². The molecule has 19 heavy (non-hydrogen) atoms. The lowest BCUT2D eigenvalue weighted by molar-refractivity contribution is 0.321. The fourth-order valence-corrected chi connectivity index (χ4v) is 2.36. The van der Waals surface area contributed by atoms with Crippen molar-refractivity contribution in [2.24, 2.45) is 0 Å². The summed E-state index contributed by atoms with van der Waals surface area (Å²) in [5.74, 6) is 0. The lowest BCUT2D eigenvalue weighted by atomic mass is 10.1. The molecule has 100 valence electrons. The Labute approximate surface area is 116 Å². The van der Waals surface area contributed by atoms with Crippen LogP contribution in [0.5, 0.6) is 0 Å². The molecule has 0 heterocycles. The molecule has 0 aliphatic rings. The average molecular weight is 253 g/mol. The van der Waals surface area contributed by atoms with E-state index >= 15 is 0 Å². The fourth-order valence-electron chi connectivity index (χ4n) is 2.36. The van der Waals surface area contributed by atoms with E-state index in [0.717, 1.165) is 13.1 Å². The molecule has 2 aromatic carbocycles. The van der Waals surface area contributed by atoms with Gasteiger partial charge in [0.1, 0.15) is 0 Å². The lowest BCUT2D eigenvalue weighted by Gasteiger charge is -2.17. The van der Waals surface area contributed by atoms with Crippen LogP contribution in [0.25, 0.3) is 0 Å². The molecule has 0 bridgehead atoms. The minimum absolute atomic E-state index is 1.04. The number of nitrogens with zero attached hydrogens (tertiary/aromatic N) is 1. The van der Waals surface area contributed by atoms with Gasteiger partial charge in [0.05, 0.1) is 0 Å². The van der Waals surface area contributed by atoms with Gasteiger partial charge in [0.25, 0.3) is 0 Å². The molecule has 0 saturated carbocycles. The standard InChI is InChI=1S/C18H23N/c1-16-9-6-7-13-18(16)15-19(2)14-8-12-17-10-4-3-5-11-17/h3-7,9-11,13H,8,12,14-15H2,1-2H3. The van der Waals surface area contributed by atoms with E-state index < -0.39 is 0 Å². The summed E-state index contributed by atoms with van der Waals surface area (Å²) in [7, 11) is 2.21. The highest BCUT2D eigenvalue weighted by Crippen LogP contribution is 2.10. The van der Waals surface area contributed by atoms with Crippen LogP contribution in [0, 0.1) is 6.92 Å². The van der Waals surface area contributed by atoms with Crippen molar-refractivity contribution in [1.82, 2.24) is 4.90 Å². The van der Waals surface area contributed by atoms with Crippen LogP contribution in [0.3, 0.4) is 0 Å². The molecule has 2 aromatic rings. The number of hydrogen-bond donors (Lipinski definition) is 0. The molecule has 0 saturated heterocycles. The number of benzene rings is 2. The van der Waals surface area contributed by atoms with Gasteiger partial charge in [0, 0.05) is 6.54 Å². The third kappa shape index (κ3) is 4.53. The average Bonchev–Trinajstić information content (AvgIpc) is 2.43. The Bertz CT molecular complexity index is 490. The van der Waals surface area contributed by atoms with Gasteiger partial charge in [-0.05, 0) is 50.0 Å². The first kappa shape index (κ1) is 13.8. The van der Waals surface area contributed by atoms with Gasteiger partial charge in [-0.1, -0.05) is 54.6 Å². The van der Waals surface area contributed by atoms with E-state index in [4.69, 9.17) is 0 Å². The topological polar surface area (TPSA) is 3.24 Å². The second kappa shape index (κ2) is 7.10. The largest absolute Gasteiger partial charge is 0.302 e. The van der Waals surface area contributed by atoms with Gasteiger partial charge in [-0.2, -0.15) is 0 Å². The molecule has 0 aromatic heterocycles. The van der Waals surface area contributed by atoms with Gasteiger partial charge in [-0.25, -0.2) is 0 Å². The predicted octanol–water partition coefficient (Wildman–Crippen LogP) is 4.06. The van der Waals surface area contributed by atoms with Crippen LogP contribution >= 0.6 is 0 Å². The van der Waals surface area contributed by atoms with E-state index in [1.54, 1.807) is 0 Å². The first-order valence-corrected chi connectivity index (χ1v) is 7.02. The van der Waals surface area contributed by atoms with Gasteiger partial charge >= 0.3 is 0 Å². The smallest absolute Gasteiger partial charge is 0.0233 e. The maximum atomic E-state index is 2.41. The Balaban J connectivity index is 1.76. The van der Waals surface area contributed by atoms with E-state index in [2.05, 4.69) is 73.5 Å². The second-order valence-corrected chi connectivity index (χ2v) is 5.25. The molecule has 0 aliphatic heterocycles. The molecule has 2 rings (SSSR count). The van der Waals surface area contributed by atoms with Gasteiger partial charge in [0.15, 0.2) is 0 Å². The van der Waals surface area contributed by atoms with Crippen LogP contribution in [-0.2, 0) is 13.0 Å². The van der Waals surface area contributed by atoms with Crippen molar-refractivity contribution in [2.75, 3.05) is 13.6 Å². The zero-order chi connectivity index (χ0) is 13.5. The highest BCUT2D eigenvalue weighted by molar-refractivity contribution is 5.25. The lowest BCUT2D eigenvalue weighted by Crippen LogP contribution is -2.20. The predicted molar refractivity (Wildman–Crippen MR) is 82.3 cm³/mol. The SMILES string of the molecule is Cc1ccccc1CN(C)CCCc1ccccc1. The zero-order valence-electron chi connectivity index (χ0n) is 12.0. The normalized spacial score (nSPS) is 10.9. The first-order valence-electron chi connectivity index (χ1n) is 7.02. The molecule has 0 radical (unpaired) electrons. The van der Waals surface area contributed by atoms with Crippen molar-refractivity contribution >= 4 is 0 Å². The number of aryl methyl sites for hydroxylation is 2. The Morgan fingerprint density at radius 1 is 0.895 bits per heavy atom. The molecule has 0 unspecified atom stereocenters. The second-order valence-electron chi connectivity index (χ2n) is 5.25. The summed E-state index contributed by atoms with van der Waals surface area (Å²) < 4.78 is 0. The van der Waals surface area contributed by atoms with Crippen LogP contribution in [0.15, 0.2) is 54.6 Å². The van der Waals surface area contributed by atoms with Gasteiger partial charge < -0.3 is 4.90 Å². The molecule has 0 fully saturated rings. The Morgan fingerprint density at radius 3 is 2.32 bits per heavy atom. The molecule has 0 atom stereocenters. The molecular formula is C18H23N. The van der Waals surface area contributed by atoms with E-state index in [0.29, 0.717) is 0 Å². The third-order valence-corrected chi connectivity index (χ3v) is 3.55. The summed E-state index contributed by atoms with van der Waals surface area (Å²) >= 11 is 0. The van der Waals surface area contributed by atoms with Crippen molar-refractivity contribution < 1.29 is 0 Å². The highest BCUT2D eigenvalue weighted by Gasteiger charge is 2.02. The highest BCUT2D eigenvalue weighted by atomic mass is 15.1. The Hall–Kier alpha value is -1.60. The summed E-state index contributed by atoms with van der Waals surface area (Å²) in [6.45, 7) is 4.37. The summed E-state index contributed by atoms with van der Waals surface area (Å²) in [5, 5.41) is 0. The molecule has 1 nitrogen and oxygen atoms in total. The molecule has 0 spiro atoms. The zero-order valence-corrected chi connectivity index (χ0v) is 12.0.